The van der Waals surface area contributed by atoms with Gasteiger partial charge in [0.2, 0.25) is 0 Å². The van der Waals surface area contributed by atoms with Gasteiger partial charge in [-0.1, -0.05) is 196 Å². The zero-order valence-corrected chi connectivity index (χ0v) is 38.5. The van der Waals surface area contributed by atoms with Crippen LogP contribution in [-0.2, 0) is 5.41 Å². The topological polar surface area (TPSA) is 77.6 Å². The van der Waals surface area contributed by atoms with Crippen molar-refractivity contribution in [1.82, 2.24) is 24.9 Å². The minimum atomic E-state index is -0.0973. The molecule has 6 nitrogen and oxygen atoms in total. The lowest BCUT2D eigenvalue weighted by molar-refractivity contribution is 0.660. The van der Waals surface area contributed by atoms with Crippen LogP contribution < -0.4 is 0 Å². The lowest BCUT2D eigenvalue weighted by Crippen LogP contribution is -2.14. The number of rotatable bonds is 8. The number of benzene rings is 9. The molecule has 0 amide bonds. The predicted octanol–water partition coefficient (Wildman–Crippen LogP) is 16.2. The Hall–Kier alpha value is -9.13. The normalized spacial score (nSPS) is 12.5. The highest BCUT2D eigenvalue weighted by Crippen LogP contribution is 2.49. The van der Waals surface area contributed by atoms with Gasteiger partial charge in [0.1, 0.15) is 11.2 Å². The Morgan fingerprint density at radius 1 is 0.286 bits per heavy atom. The second-order valence-corrected chi connectivity index (χ2v) is 18.5. The fourth-order valence-electron chi connectivity index (χ4n) is 10.1. The zero-order chi connectivity index (χ0) is 46.8. The molecule has 3 aromatic heterocycles. The second-order valence-electron chi connectivity index (χ2n) is 18.5. The highest BCUT2D eigenvalue weighted by atomic mass is 16.3. The van der Waals surface area contributed by atoms with Crippen molar-refractivity contribution in [2.75, 3.05) is 0 Å². The third-order valence-corrected chi connectivity index (χ3v) is 13.8. The van der Waals surface area contributed by atoms with E-state index >= 15 is 0 Å². The molecule has 0 aliphatic heterocycles. The van der Waals surface area contributed by atoms with Crippen LogP contribution in [-0.4, -0.2) is 24.9 Å². The monoisotopic (exact) mass is 897 g/mol. The standard InChI is InChI=1S/C64H43N5O/c1-64(2)54-25-11-9-23-50(54)53-37-48(32-34-55(53)64)63-68-60(43-17-7-4-8-18-43)67-62(69-63)47-22-14-20-45(36-47)44-19-13-21-46(35-44)57-39-56(42-29-27-41(28-30-42)40-15-5-3-6-16-40)65-61(66-57)49-31-33-52-51-24-10-12-26-58(51)70-59(52)38-49/h3-39H,1-2H3. The molecule has 0 unspecified atom stereocenters. The first-order chi connectivity index (χ1) is 34.4. The van der Waals surface area contributed by atoms with E-state index in [-0.39, 0.29) is 5.41 Å². The maximum atomic E-state index is 6.33. The number of aromatic nitrogens is 5. The highest BCUT2D eigenvalue weighted by Gasteiger charge is 2.35. The van der Waals surface area contributed by atoms with Crippen molar-refractivity contribution in [3.63, 3.8) is 0 Å². The first-order valence-corrected chi connectivity index (χ1v) is 23.6. The molecule has 0 bridgehead atoms. The van der Waals surface area contributed by atoms with E-state index in [2.05, 4.69) is 184 Å². The van der Waals surface area contributed by atoms with Crippen LogP contribution in [0.25, 0.3) is 123 Å². The summed E-state index contributed by atoms with van der Waals surface area (Å²) in [6.45, 7) is 4.60. The smallest absolute Gasteiger partial charge is 0.164 e. The minimum Gasteiger partial charge on any atom is -0.456 e. The molecule has 0 fully saturated rings. The second kappa shape index (κ2) is 16.6. The molecule has 1 aliphatic carbocycles. The molecule has 1 aliphatic rings. The Morgan fingerprint density at radius 2 is 0.757 bits per heavy atom. The van der Waals surface area contributed by atoms with Gasteiger partial charge in [-0.15, -0.1) is 0 Å². The van der Waals surface area contributed by atoms with Gasteiger partial charge in [0.25, 0.3) is 0 Å². The van der Waals surface area contributed by atoms with Crippen LogP contribution in [0.5, 0.6) is 0 Å². The van der Waals surface area contributed by atoms with Gasteiger partial charge in [0.05, 0.1) is 11.4 Å². The number of nitrogens with zero attached hydrogens (tertiary/aromatic N) is 5. The highest BCUT2D eigenvalue weighted by molar-refractivity contribution is 6.05. The Bertz CT molecular complexity index is 3970. The quantitative estimate of drug-likeness (QED) is 0.151. The Balaban J connectivity index is 0.897. The molecule has 0 saturated carbocycles. The minimum absolute atomic E-state index is 0.0973. The molecule has 0 spiro atoms. The van der Waals surface area contributed by atoms with E-state index in [1.165, 1.54) is 27.8 Å². The van der Waals surface area contributed by atoms with E-state index < -0.39 is 0 Å². The summed E-state index contributed by atoms with van der Waals surface area (Å²) < 4.78 is 6.33. The van der Waals surface area contributed by atoms with Crippen LogP contribution in [0.2, 0.25) is 0 Å². The SMILES string of the molecule is CC1(C)c2ccccc2-c2cc(-c3nc(-c4ccccc4)nc(-c4cccc(-c5cccc(-c6cc(-c7ccc(-c8ccccc8)cc7)nc(-c7ccc8c(c7)oc7ccccc78)n6)c5)c4)n3)ccc21. The van der Waals surface area contributed by atoms with Crippen molar-refractivity contribution in [3.05, 3.63) is 236 Å². The molecule has 13 rings (SSSR count). The molecule has 12 aromatic rings. The zero-order valence-electron chi connectivity index (χ0n) is 38.5. The molecule has 0 atom stereocenters. The Morgan fingerprint density at radius 3 is 1.51 bits per heavy atom. The molecule has 330 valence electrons. The summed E-state index contributed by atoms with van der Waals surface area (Å²) in [6.07, 6.45) is 0. The van der Waals surface area contributed by atoms with E-state index in [9.17, 15) is 0 Å². The van der Waals surface area contributed by atoms with Crippen LogP contribution in [0.3, 0.4) is 0 Å². The summed E-state index contributed by atoms with van der Waals surface area (Å²) in [6, 6.07) is 78.0. The van der Waals surface area contributed by atoms with Crippen molar-refractivity contribution in [3.8, 4) is 101 Å². The molecule has 6 heteroatoms. The molecule has 70 heavy (non-hydrogen) atoms. The molecule has 3 heterocycles. The molecule has 9 aromatic carbocycles. The van der Waals surface area contributed by atoms with Gasteiger partial charge in [-0.3, -0.25) is 0 Å². The van der Waals surface area contributed by atoms with E-state index in [4.69, 9.17) is 29.3 Å². The number of furan rings is 1. The largest absolute Gasteiger partial charge is 0.456 e. The predicted molar refractivity (Wildman–Crippen MR) is 284 cm³/mol. The van der Waals surface area contributed by atoms with Crippen molar-refractivity contribution in [2.45, 2.75) is 19.3 Å². The lowest BCUT2D eigenvalue weighted by Gasteiger charge is -2.21. The molecular weight excluding hydrogens is 855 g/mol. The van der Waals surface area contributed by atoms with Crippen LogP contribution >= 0.6 is 0 Å². The van der Waals surface area contributed by atoms with Gasteiger partial charge in [-0.05, 0) is 87.0 Å². The third-order valence-electron chi connectivity index (χ3n) is 13.8. The van der Waals surface area contributed by atoms with Crippen LogP contribution in [0.4, 0.5) is 0 Å². The third kappa shape index (κ3) is 7.25. The lowest BCUT2D eigenvalue weighted by atomic mass is 9.82. The summed E-state index contributed by atoms with van der Waals surface area (Å²) in [5, 5.41) is 2.14. The van der Waals surface area contributed by atoms with Crippen molar-refractivity contribution in [1.29, 1.82) is 0 Å². The number of fused-ring (bicyclic) bond motifs is 6. The molecule has 0 saturated heterocycles. The van der Waals surface area contributed by atoms with Crippen molar-refractivity contribution < 1.29 is 4.42 Å². The van der Waals surface area contributed by atoms with E-state index in [0.29, 0.717) is 23.3 Å². The average molecular weight is 898 g/mol. The summed E-state index contributed by atoms with van der Waals surface area (Å²) in [5.74, 6) is 2.47. The van der Waals surface area contributed by atoms with Crippen molar-refractivity contribution in [2.24, 2.45) is 0 Å². The first-order valence-electron chi connectivity index (χ1n) is 23.6. The van der Waals surface area contributed by atoms with Gasteiger partial charge in [0, 0.05) is 49.6 Å². The van der Waals surface area contributed by atoms with Gasteiger partial charge >= 0.3 is 0 Å². The number of para-hydroxylation sites is 1. The van der Waals surface area contributed by atoms with E-state index in [0.717, 1.165) is 83.4 Å². The van der Waals surface area contributed by atoms with Crippen LogP contribution in [0.15, 0.2) is 229 Å². The number of hydrogen-bond acceptors (Lipinski definition) is 6. The maximum absolute atomic E-state index is 6.33. The Labute approximate surface area is 405 Å². The number of hydrogen-bond donors (Lipinski definition) is 0. The molecule has 0 radical (unpaired) electrons. The molecule has 0 N–H and O–H groups in total. The van der Waals surface area contributed by atoms with E-state index in [1.807, 2.05) is 54.6 Å². The summed E-state index contributed by atoms with van der Waals surface area (Å²) in [5.41, 5.74) is 18.3. The molecular formula is C64H43N5O. The Kier molecular flexibility index (Phi) is 9.73. The fourth-order valence-corrected chi connectivity index (χ4v) is 10.1. The van der Waals surface area contributed by atoms with Gasteiger partial charge in [-0.2, -0.15) is 0 Å². The van der Waals surface area contributed by atoms with E-state index in [1.54, 1.807) is 0 Å². The van der Waals surface area contributed by atoms with Crippen LogP contribution in [0, 0.1) is 0 Å². The average Bonchev–Trinajstić information content (AvgIpc) is 3.92. The fraction of sp³-hybridized carbons (Fsp3) is 0.0469. The van der Waals surface area contributed by atoms with Gasteiger partial charge in [0.15, 0.2) is 23.3 Å². The maximum Gasteiger partial charge on any atom is 0.164 e. The first kappa shape index (κ1) is 41.1. The van der Waals surface area contributed by atoms with Gasteiger partial charge < -0.3 is 4.42 Å². The summed E-state index contributed by atoms with van der Waals surface area (Å²) in [4.78, 5) is 25.9. The summed E-state index contributed by atoms with van der Waals surface area (Å²) in [7, 11) is 0. The van der Waals surface area contributed by atoms with Crippen molar-refractivity contribution >= 4 is 21.9 Å². The van der Waals surface area contributed by atoms with Crippen LogP contribution in [0.1, 0.15) is 25.0 Å². The summed E-state index contributed by atoms with van der Waals surface area (Å²) >= 11 is 0. The van der Waals surface area contributed by atoms with Gasteiger partial charge in [-0.25, -0.2) is 24.9 Å².